The van der Waals surface area contributed by atoms with E-state index in [0.29, 0.717) is 6.20 Å². The van der Waals surface area contributed by atoms with E-state index in [4.69, 9.17) is 11.6 Å². The maximum atomic E-state index is 13.2. The Bertz CT molecular complexity index is 464. The number of nitrogens with zero attached hydrogens (tertiary/aromatic N) is 1. The molecule has 4 nitrogen and oxygen atoms in total. The molecule has 18 heavy (non-hydrogen) atoms. The van der Waals surface area contributed by atoms with Gasteiger partial charge in [-0.2, -0.15) is 0 Å². The van der Waals surface area contributed by atoms with Crippen LogP contribution in [0.2, 0.25) is 0 Å². The number of pyridine rings is 1. The van der Waals surface area contributed by atoms with Crippen LogP contribution in [0, 0.1) is 5.82 Å². The van der Waals surface area contributed by atoms with E-state index in [1.807, 2.05) is 0 Å². The van der Waals surface area contributed by atoms with Crippen LogP contribution in [0.25, 0.3) is 0 Å². The summed E-state index contributed by atoms with van der Waals surface area (Å²) >= 11 is 5.38. The second-order valence-electron chi connectivity index (χ2n) is 2.94. The molecule has 0 aliphatic rings. The molecule has 9 heteroatoms. The van der Waals surface area contributed by atoms with E-state index < -0.39 is 41.0 Å². The van der Waals surface area contributed by atoms with Crippen molar-refractivity contribution in [3.05, 3.63) is 23.3 Å². The van der Waals surface area contributed by atoms with Crippen LogP contribution in [0.5, 0.6) is 5.75 Å². The third kappa shape index (κ3) is 3.22. The number of methoxy groups -OCH3 is 1. The SMILES string of the molecule is COC(=O)c1ncc(F)c(OC(F)(F)F)c1CCl. The normalized spacial score (nSPS) is 11.2. The molecule has 0 bridgehead atoms. The summed E-state index contributed by atoms with van der Waals surface area (Å²) in [5.41, 5.74) is -1.06. The lowest BCUT2D eigenvalue weighted by atomic mass is 10.2. The minimum Gasteiger partial charge on any atom is -0.464 e. The highest BCUT2D eigenvalue weighted by Crippen LogP contribution is 2.31. The summed E-state index contributed by atoms with van der Waals surface area (Å²) in [5, 5.41) is 0. The van der Waals surface area contributed by atoms with E-state index in [1.165, 1.54) is 0 Å². The Labute approximate surface area is 103 Å². The first-order valence-electron chi connectivity index (χ1n) is 4.37. The molecule has 1 rings (SSSR count). The molecule has 1 heterocycles. The highest BCUT2D eigenvalue weighted by molar-refractivity contribution is 6.17. The van der Waals surface area contributed by atoms with Crippen molar-refractivity contribution in [3.63, 3.8) is 0 Å². The van der Waals surface area contributed by atoms with Crippen molar-refractivity contribution in [3.8, 4) is 5.75 Å². The third-order valence-electron chi connectivity index (χ3n) is 1.81. The Kier molecular flexibility index (Phi) is 4.33. The van der Waals surface area contributed by atoms with Crippen LogP contribution in [0.4, 0.5) is 17.6 Å². The highest BCUT2D eigenvalue weighted by Gasteiger charge is 2.35. The molecule has 0 atom stereocenters. The van der Waals surface area contributed by atoms with Gasteiger partial charge in [0.25, 0.3) is 0 Å². The maximum Gasteiger partial charge on any atom is 0.573 e. The summed E-state index contributed by atoms with van der Waals surface area (Å²) in [7, 11) is 0.996. The number of carbonyl (C=O) groups is 1. The van der Waals surface area contributed by atoms with Crippen LogP contribution in [0.1, 0.15) is 16.1 Å². The van der Waals surface area contributed by atoms with Gasteiger partial charge in [-0.25, -0.2) is 14.2 Å². The summed E-state index contributed by atoms with van der Waals surface area (Å²) in [6.45, 7) is 0. The third-order valence-corrected chi connectivity index (χ3v) is 2.08. The minimum atomic E-state index is -5.11. The van der Waals surface area contributed by atoms with Gasteiger partial charge in [0.2, 0.25) is 0 Å². The van der Waals surface area contributed by atoms with Crippen LogP contribution < -0.4 is 4.74 Å². The van der Waals surface area contributed by atoms with Crippen LogP contribution >= 0.6 is 11.6 Å². The summed E-state index contributed by atoms with van der Waals surface area (Å²) in [4.78, 5) is 14.5. The maximum absolute atomic E-state index is 13.2. The van der Waals surface area contributed by atoms with E-state index in [-0.39, 0.29) is 0 Å². The number of alkyl halides is 4. The Balaban J connectivity index is 3.35. The first-order valence-corrected chi connectivity index (χ1v) is 4.91. The Morgan fingerprint density at radius 1 is 1.50 bits per heavy atom. The van der Waals surface area contributed by atoms with E-state index in [9.17, 15) is 22.4 Å². The average molecular weight is 288 g/mol. The van der Waals surface area contributed by atoms with Crippen LogP contribution in [-0.4, -0.2) is 24.4 Å². The van der Waals surface area contributed by atoms with E-state index in [2.05, 4.69) is 14.5 Å². The number of carbonyl (C=O) groups excluding carboxylic acids is 1. The van der Waals surface area contributed by atoms with Crippen molar-refractivity contribution in [2.75, 3.05) is 7.11 Å². The molecular formula is C9H6ClF4NO3. The van der Waals surface area contributed by atoms with Gasteiger partial charge < -0.3 is 9.47 Å². The molecule has 0 aliphatic heterocycles. The summed E-state index contributed by atoms with van der Waals surface area (Å²) in [5.74, 6) is -4.21. The molecule has 1 aromatic rings. The Morgan fingerprint density at radius 3 is 2.56 bits per heavy atom. The predicted octanol–water partition coefficient (Wildman–Crippen LogP) is 2.64. The zero-order chi connectivity index (χ0) is 13.9. The summed E-state index contributed by atoms with van der Waals surface area (Å²) in [6.07, 6.45) is -4.69. The van der Waals surface area contributed by atoms with Crippen LogP contribution in [-0.2, 0) is 10.6 Å². The molecule has 0 fully saturated rings. The van der Waals surface area contributed by atoms with Gasteiger partial charge in [-0.1, -0.05) is 0 Å². The molecule has 1 aromatic heterocycles. The van der Waals surface area contributed by atoms with E-state index >= 15 is 0 Å². The largest absolute Gasteiger partial charge is 0.573 e. The fraction of sp³-hybridized carbons (Fsp3) is 0.333. The van der Waals surface area contributed by atoms with Crippen LogP contribution in [0.3, 0.4) is 0 Å². The number of rotatable bonds is 3. The van der Waals surface area contributed by atoms with Crippen molar-refractivity contribution in [1.29, 1.82) is 0 Å². The highest BCUT2D eigenvalue weighted by atomic mass is 35.5. The standard InChI is InChI=1S/C9H6ClF4NO3/c1-17-8(16)6-4(2-10)7(5(11)3-15-6)18-9(12,13)14/h3H,2H2,1H3. The molecule has 0 spiro atoms. The fourth-order valence-corrected chi connectivity index (χ4v) is 1.38. The summed E-state index contributed by atoms with van der Waals surface area (Å²) < 4.78 is 57.2. The number of aromatic nitrogens is 1. The lowest BCUT2D eigenvalue weighted by Crippen LogP contribution is -2.20. The topological polar surface area (TPSA) is 48.4 Å². The molecular weight excluding hydrogens is 282 g/mol. The van der Waals surface area contributed by atoms with Gasteiger partial charge in [0, 0.05) is 5.56 Å². The molecule has 0 aliphatic carbocycles. The van der Waals surface area contributed by atoms with Gasteiger partial charge in [-0.3, -0.25) is 0 Å². The Morgan fingerprint density at radius 2 is 2.11 bits per heavy atom. The van der Waals surface area contributed by atoms with Gasteiger partial charge >= 0.3 is 12.3 Å². The predicted molar refractivity (Wildman–Crippen MR) is 51.8 cm³/mol. The van der Waals surface area contributed by atoms with Gasteiger partial charge in [-0.05, 0) is 0 Å². The molecule has 0 aromatic carbocycles. The van der Waals surface area contributed by atoms with Crippen molar-refractivity contribution < 1.29 is 31.8 Å². The summed E-state index contributed by atoms with van der Waals surface area (Å²) in [6, 6.07) is 0. The Hall–Kier alpha value is -1.57. The number of hydrogen-bond acceptors (Lipinski definition) is 4. The zero-order valence-electron chi connectivity index (χ0n) is 8.85. The lowest BCUT2D eigenvalue weighted by Gasteiger charge is -2.14. The van der Waals surface area contributed by atoms with Crippen molar-refractivity contribution in [2.45, 2.75) is 12.2 Å². The van der Waals surface area contributed by atoms with E-state index in [1.54, 1.807) is 0 Å². The minimum absolute atomic E-state index is 0.420. The first kappa shape index (κ1) is 14.5. The molecule has 0 saturated heterocycles. The van der Waals surface area contributed by atoms with Gasteiger partial charge in [-0.15, -0.1) is 24.8 Å². The lowest BCUT2D eigenvalue weighted by molar-refractivity contribution is -0.275. The van der Waals surface area contributed by atoms with Crippen molar-refractivity contribution in [1.82, 2.24) is 4.98 Å². The molecule has 0 amide bonds. The van der Waals surface area contributed by atoms with Crippen molar-refractivity contribution in [2.24, 2.45) is 0 Å². The monoisotopic (exact) mass is 287 g/mol. The van der Waals surface area contributed by atoms with Crippen LogP contribution in [0.15, 0.2) is 6.20 Å². The number of halogens is 5. The second kappa shape index (κ2) is 5.38. The molecule has 0 saturated carbocycles. The second-order valence-corrected chi connectivity index (χ2v) is 3.20. The quantitative estimate of drug-likeness (QED) is 0.487. The zero-order valence-corrected chi connectivity index (χ0v) is 9.60. The number of ether oxygens (including phenoxy) is 2. The number of esters is 1. The van der Waals surface area contributed by atoms with Gasteiger partial charge in [0.1, 0.15) is 0 Å². The molecule has 0 unspecified atom stereocenters. The van der Waals surface area contributed by atoms with Gasteiger partial charge in [0.05, 0.1) is 19.2 Å². The average Bonchev–Trinajstić information content (AvgIpc) is 2.29. The fourth-order valence-electron chi connectivity index (χ4n) is 1.13. The van der Waals surface area contributed by atoms with Gasteiger partial charge in [0.15, 0.2) is 17.3 Å². The van der Waals surface area contributed by atoms with E-state index in [0.717, 1.165) is 7.11 Å². The molecule has 0 radical (unpaired) electrons. The molecule has 100 valence electrons. The molecule has 0 N–H and O–H groups in total. The van der Waals surface area contributed by atoms with Crippen molar-refractivity contribution >= 4 is 17.6 Å². The smallest absolute Gasteiger partial charge is 0.464 e. The number of hydrogen-bond donors (Lipinski definition) is 0. The first-order chi connectivity index (χ1) is 8.30.